The van der Waals surface area contributed by atoms with Crippen LogP contribution in [-0.2, 0) is 0 Å². The average molecular weight is 473 g/mol. The van der Waals surface area contributed by atoms with Crippen molar-refractivity contribution >= 4 is 48.8 Å². The van der Waals surface area contributed by atoms with Gasteiger partial charge in [-0.3, -0.25) is 0 Å². The summed E-state index contributed by atoms with van der Waals surface area (Å²) >= 11 is 6.87. The first-order valence-electron chi connectivity index (χ1n) is 7.64. The van der Waals surface area contributed by atoms with Crippen LogP contribution in [0.25, 0.3) is 33.5 Å². The number of halogens is 2. The Morgan fingerprint density at radius 1 is 0.885 bits per heavy atom. The molecule has 0 bridgehead atoms. The van der Waals surface area contributed by atoms with Gasteiger partial charge >= 0.3 is 5.63 Å². The zero-order valence-electron chi connectivity index (χ0n) is 13.2. The van der Waals surface area contributed by atoms with Gasteiger partial charge in [0.2, 0.25) is 5.95 Å². The summed E-state index contributed by atoms with van der Waals surface area (Å²) in [6, 6.07) is 16.6. The Hall–Kier alpha value is -2.51. The minimum absolute atomic E-state index is 0.0891. The smallest absolute Gasteiger partial charge is 0.345 e. The van der Waals surface area contributed by atoms with Gasteiger partial charge in [-0.2, -0.15) is 0 Å². The number of anilines is 1. The normalized spacial score (nSPS) is 11.0. The maximum absolute atomic E-state index is 12.4. The van der Waals surface area contributed by atoms with E-state index in [0.717, 1.165) is 19.9 Å². The number of nitrogens with two attached hydrogens (primary N) is 1. The van der Waals surface area contributed by atoms with Crippen LogP contribution in [0.5, 0.6) is 0 Å². The third-order valence-electron chi connectivity index (χ3n) is 3.83. The maximum Gasteiger partial charge on any atom is 0.345 e. The quantitative estimate of drug-likeness (QED) is 0.414. The van der Waals surface area contributed by atoms with Crippen LogP contribution in [0.3, 0.4) is 0 Å². The summed E-state index contributed by atoms with van der Waals surface area (Å²) in [4.78, 5) is 21.0. The van der Waals surface area contributed by atoms with Crippen molar-refractivity contribution in [2.24, 2.45) is 0 Å². The number of benzene rings is 2. The fourth-order valence-electron chi connectivity index (χ4n) is 2.67. The molecule has 0 unspecified atom stereocenters. The molecular formula is C19H11Br2N3O2. The highest BCUT2D eigenvalue weighted by Crippen LogP contribution is 2.27. The molecule has 4 rings (SSSR count). The van der Waals surface area contributed by atoms with Crippen LogP contribution in [0.15, 0.2) is 72.8 Å². The van der Waals surface area contributed by atoms with E-state index in [0.29, 0.717) is 22.5 Å². The second-order valence-corrected chi connectivity index (χ2v) is 7.47. The molecule has 0 aliphatic carbocycles. The second-order valence-electron chi connectivity index (χ2n) is 5.64. The van der Waals surface area contributed by atoms with Gasteiger partial charge in [-0.1, -0.05) is 44.0 Å². The zero-order chi connectivity index (χ0) is 18.3. The van der Waals surface area contributed by atoms with Gasteiger partial charge in [0.05, 0.1) is 17.0 Å². The molecule has 5 nitrogen and oxygen atoms in total. The number of hydrogen-bond acceptors (Lipinski definition) is 5. The minimum atomic E-state index is -0.474. The molecule has 2 aromatic carbocycles. The summed E-state index contributed by atoms with van der Waals surface area (Å²) in [6.07, 6.45) is 0. The van der Waals surface area contributed by atoms with Crippen LogP contribution in [0.4, 0.5) is 5.95 Å². The first kappa shape index (κ1) is 16.9. The summed E-state index contributed by atoms with van der Waals surface area (Å²) in [5, 5.41) is 0.787. The standard InChI is InChI=1S/C19H11Br2N3O2/c20-12-3-1-2-10(6-12)15-9-16(24-19(22)23-15)14-8-11-7-13(21)4-5-17(11)26-18(14)25/h1-9H,(H2,22,23,24). The Morgan fingerprint density at radius 2 is 1.65 bits per heavy atom. The van der Waals surface area contributed by atoms with E-state index in [9.17, 15) is 4.79 Å². The monoisotopic (exact) mass is 471 g/mol. The molecule has 0 spiro atoms. The Kier molecular flexibility index (Phi) is 4.34. The van der Waals surface area contributed by atoms with Crippen LogP contribution in [0.1, 0.15) is 0 Å². The highest BCUT2D eigenvalue weighted by atomic mass is 79.9. The summed E-state index contributed by atoms with van der Waals surface area (Å²) < 4.78 is 7.23. The number of fused-ring (bicyclic) bond motifs is 1. The van der Waals surface area contributed by atoms with E-state index in [-0.39, 0.29) is 5.95 Å². The Bertz CT molecular complexity index is 1200. The molecule has 0 fully saturated rings. The highest BCUT2D eigenvalue weighted by molar-refractivity contribution is 9.10. The van der Waals surface area contributed by atoms with Gasteiger partial charge < -0.3 is 10.2 Å². The first-order valence-corrected chi connectivity index (χ1v) is 9.22. The molecule has 0 radical (unpaired) electrons. The molecule has 128 valence electrons. The van der Waals surface area contributed by atoms with Crippen molar-refractivity contribution in [3.63, 3.8) is 0 Å². The molecule has 0 atom stereocenters. The summed E-state index contributed by atoms with van der Waals surface area (Å²) in [5.74, 6) is 0.0891. The number of nitrogen functional groups attached to an aromatic ring is 1. The lowest BCUT2D eigenvalue weighted by Gasteiger charge is -2.07. The molecule has 0 aliphatic rings. The van der Waals surface area contributed by atoms with Crippen LogP contribution in [-0.4, -0.2) is 9.97 Å². The van der Waals surface area contributed by atoms with Crippen LogP contribution in [0.2, 0.25) is 0 Å². The predicted molar refractivity (Wildman–Crippen MR) is 109 cm³/mol. The Balaban J connectivity index is 1.92. The van der Waals surface area contributed by atoms with Crippen molar-refractivity contribution in [3.05, 3.63) is 74.0 Å². The van der Waals surface area contributed by atoms with Gasteiger partial charge in [0.25, 0.3) is 0 Å². The average Bonchev–Trinajstić information content (AvgIpc) is 2.61. The van der Waals surface area contributed by atoms with Crippen LogP contribution in [0, 0.1) is 0 Å². The Morgan fingerprint density at radius 3 is 2.46 bits per heavy atom. The van der Waals surface area contributed by atoms with E-state index in [1.165, 1.54) is 0 Å². The van der Waals surface area contributed by atoms with Crippen LogP contribution < -0.4 is 11.4 Å². The van der Waals surface area contributed by atoms with E-state index < -0.39 is 5.63 Å². The number of nitrogens with zero attached hydrogens (tertiary/aromatic N) is 2. The molecule has 2 N–H and O–H groups in total. The third-order valence-corrected chi connectivity index (χ3v) is 4.82. The number of aromatic nitrogens is 2. The van der Waals surface area contributed by atoms with Gasteiger partial charge in [-0.05, 0) is 42.5 Å². The minimum Gasteiger partial charge on any atom is -0.422 e. The second kappa shape index (κ2) is 6.66. The van der Waals surface area contributed by atoms with Crippen molar-refractivity contribution in [3.8, 4) is 22.5 Å². The molecule has 4 aromatic rings. The largest absolute Gasteiger partial charge is 0.422 e. The van der Waals surface area contributed by atoms with Crippen LogP contribution >= 0.6 is 31.9 Å². The van der Waals surface area contributed by atoms with Gasteiger partial charge in [0.1, 0.15) is 5.58 Å². The van der Waals surface area contributed by atoms with E-state index in [1.54, 1.807) is 18.2 Å². The molecule has 0 aliphatic heterocycles. The number of hydrogen-bond donors (Lipinski definition) is 1. The lowest BCUT2D eigenvalue weighted by Crippen LogP contribution is -2.06. The highest BCUT2D eigenvalue weighted by Gasteiger charge is 2.13. The maximum atomic E-state index is 12.4. The van der Waals surface area contributed by atoms with Crippen molar-refractivity contribution in [2.45, 2.75) is 0 Å². The fraction of sp³-hybridized carbons (Fsp3) is 0. The summed E-state index contributed by atoms with van der Waals surface area (Å²) in [5.41, 5.74) is 8.17. The van der Waals surface area contributed by atoms with E-state index >= 15 is 0 Å². The Labute approximate surface area is 165 Å². The lowest BCUT2D eigenvalue weighted by molar-refractivity contribution is 0.563. The molecule has 2 heterocycles. The molecule has 26 heavy (non-hydrogen) atoms. The fourth-order valence-corrected chi connectivity index (χ4v) is 3.45. The van der Waals surface area contributed by atoms with Gasteiger partial charge in [0, 0.05) is 19.9 Å². The van der Waals surface area contributed by atoms with Crippen molar-refractivity contribution in [1.82, 2.24) is 9.97 Å². The summed E-state index contributed by atoms with van der Waals surface area (Å²) in [6.45, 7) is 0. The molecular weight excluding hydrogens is 462 g/mol. The summed E-state index contributed by atoms with van der Waals surface area (Å²) in [7, 11) is 0. The predicted octanol–water partition coefficient (Wildman–Crippen LogP) is 5.02. The number of rotatable bonds is 2. The zero-order valence-corrected chi connectivity index (χ0v) is 16.4. The van der Waals surface area contributed by atoms with E-state index in [4.69, 9.17) is 10.2 Å². The van der Waals surface area contributed by atoms with Crippen molar-refractivity contribution < 1.29 is 4.42 Å². The van der Waals surface area contributed by atoms with Crippen molar-refractivity contribution in [2.75, 3.05) is 5.73 Å². The van der Waals surface area contributed by atoms with E-state index in [2.05, 4.69) is 41.8 Å². The van der Waals surface area contributed by atoms with E-state index in [1.807, 2.05) is 36.4 Å². The molecule has 2 aromatic heterocycles. The molecule has 0 saturated heterocycles. The third kappa shape index (κ3) is 3.27. The van der Waals surface area contributed by atoms with Gasteiger partial charge in [-0.15, -0.1) is 0 Å². The first-order chi connectivity index (χ1) is 12.5. The van der Waals surface area contributed by atoms with Crippen molar-refractivity contribution in [1.29, 1.82) is 0 Å². The molecule has 0 amide bonds. The molecule has 7 heteroatoms. The van der Waals surface area contributed by atoms with Gasteiger partial charge in [0.15, 0.2) is 0 Å². The SMILES string of the molecule is Nc1nc(-c2cccc(Br)c2)cc(-c2cc3cc(Br)ccc3oc2=O)n1. The van der Waals surface area contributed by atoms with Gasteiger partial charge in [-0.25, -0.2) is 14.8 Å². The lowest BCUT2D eigenvalue weighted by atomic mass is 10.1. The molecule has 0 saturated carbocycles. The topological polar surface area (TPSA) is 82.0 Å².